The lowest BCUT2D eigenvalue weighted by Crippen LogP contribution is -2.44. The predicted octanol–water partition coefficient (Wildman–Crippen LogP) is 4.44. The van der Waals surface area contributed by atoms with Crippen LogP contribution in [0.25, 0.3) is 11.1 Å². The van der Waals surface area contributed by atoms with Gasteiger partial charge in [-0.3, -0.25) is 4.79 Å². The van der Waals surface area contributed by atoms with Crippen LogP contribution in [0.5, 0.6) is 0 Å². The van der Waals surface area contributed by atoms with Crippen LogP contribution in [0.3, 0.4) is 0 Å². The van der Waals surface area contributed by atoms with Gasteiger partial charge in [0, 0.05) is 5.92 Å². The molecule has 0 aromatic heterocycles. The highest BCUT2D eigenvalue weighted by Gasteiger charge is 2.30. The zero-order chi connectivity index (χ0) is 18.7. The second-order valence-electron chi connectivity index (χ2n) is 6.64. The van der Waals surface area contributed by atoms with Crippen LogP contribution >= 0.6 is 0 Å². The van der Waals surface area contributed by atoms with Crippen molar-refractivity contribution in [1.82, 2.24) is 5.32 Å². The van der Waals surface area contributed by atoms with E-state index in [1.54, 1.807) is 6.92 Å². The first-order valence-corrected chi connectivity index (χ1v) is 8.83. The van der Waals surface area contributed by atoms with Crippen molar-refractivity contribution < 1.29 is 18.7 Å². The van der Waals surface area contributed by atoms with Crippen LogP contribution in [0.15, 0.2) is 48.5 Å². The second kappa shape index (κ2) is 7.68. The third-order valence-electron chi connectivity index (χ3n) is 5.07. The Morgan fingerprint density at radius 1 is 1.08 bits per heavy atom. The fourth-order valence-electron chi connectivity index (χ4n) is 3.43. The standard InChI is InChI=1S/C21H22FNO3/c1-3-13(2)19(20(22)24)23-21(25)26-12-18-16-10-6-4-8-14(16)15-9-5-7-11-17(15)18/h4-11,13,18-19H,3,12H2,1-2H3,(H,23,25)/t13?,19-/m0/s1. The molecule has 0 spiro atoms. The van der Waals surface area contributed by atoms with E-state index < -0.39 is 18.2 Å². The molecule has 1 aliphatic carbocycles. The summed E-state index contributed by atoms with van der Waals surface area (Å²) in [4.78, 5) is 23.2. The molecule has 0 fully saturated rings. The van der Waals surface area contributed by atoms with Gasteiger partial charge in [0.15, 0.2) is 0 Å². The largest absolute Gasteiger partial charge is 0.449 e. The average molecular weight is 355 g/mol. The van der Waals surface area contributed by atoms with Gasteiger partial charge in [-0.25, -0.2) is 4.79 Å². The Morgan fingerprint density at radius 2 is 1.62 bits per heavy atom. The van der Waals surface area contributed by atoms with E-state index in [-0.39, 0.29) is 18.4 Å². The lowest BCUT2D eigenvalue weighted by molar-refractivity contribution is -0.132. The summed E-state index contributed by atoms with van der Waals surface area (Å²) < 4.78 is 18.5. The topological polar surface area (TPSA) is 55.4 Å². The summed E-state index contributed by atoms with van der Waals surface area (Å²) in [5, 5.41) is 2.35. The van der Waals surface area contributed by atoms with Gasteiger partial charge in [0.2, 0.25) is 0 Å². The zero-order valence-electron chi connectivity index (χ0n) is 14.9. The molecule has 136 valence electrons. The van der Waals surface area contributed by atoms with E-state index in [9.17, 15) is 14.0 Å². The molecule has 2 atom stereocenters. The Kier molecular flexibility index (Phi) is 5.35. The quantitative estimate of drug-likeness (QED) is 0.780. The van der Waals surface area contributed by atoms with Crippen LogP contribution < -0.4 is 5.32 Å². The molecule has 4 nitrogen and oxygen atoms in total. The van der Waals surface area contributed by atoms with Gasteiger partial charge in [0.05, 0.1) is 0 Å². The van der Waals surface area contributed by atoms with E-state index in [0.29, 0.717) is 6.42 Å². The van der Waals surface area contributed by atoms with Gasteiger partial charge in [-0.1, -0.05) is 68.8 Å². The molecule has 2 aromatic carbocycles. The van der Waals surface area contributed by atoms with Crippen LogP contribution in [0.1, 0.15) is 37.3 Å². The highest BCUT2D eigenvalue weighted by molar-refractivity contribution is 5.81. The molecule has 0 saturated heterocycles. The molecule has 1 aliphatic rings. The molecule has 3 rings (SSSR count). The van der Waals surface area contributed by atoms with Crippen molar-refractivity contribution in [3.8, 4) is 11.1 Å². The molecule has 0 bridgehead atoms. The maximum absolute atomic E-state index is 13.2. The second-order valence-corrected chi connectivity index (χ2v) is 6.64. The summed E-state index contributed by atoms with van der Waals surface area (Å²) >= 11 is 0. The number of alkyl carbamates (subject to hydrolysis) is 1. The van der Waals surface area contributed by atoms with Crippen molar-refractivity contribution >= 4 is 12.1 Å². The summed E-state index contributed by atoms with van der Waals surface area (Å²) in [6.45, 7) is 3.68. The lowest BCUT2D eigenvalue weighted by Gasteiger charge is -2.20. The number of ether oxygens (including phenoxy) is 1. The summed E-state index contributed by atoms with van der Waals surface area (Å²) in [5.41, 5.74) is 4.46. The zero-order valence-corrected chi connectivity index (χ0v) is 14.9. The number of hydrogen-bond donors (Lipinski definition) is 1. The maximum Gasteiger partial charge on any atom is 0.407 e. The average Bonchev–Trinajstić information content (AvgIpc) is 2.97. The van der Waals surface area contributed by atoms with Crippen LogP contribution in [-0.2, 0) is 9.53 Å². The minimum Gasteiger partial charge on any atom is -0.449 e. The van der Waals surface area contributed by atoms with E-state index in [1.165, 1.54) is 0 Å². The SMILES string of the molecule is CCC(C)[C@H](NC(=O)OCC1c2ccccc2-c2ccccc21)C(=O)F. The Morgan fingerprint density at radius 3 is 2.12 bits per heavy atom. The van der Waals surface area contributed by atoms with Crippen molar-refractivity contribution in [2.75, 3.05) is 6.61 Å². The fourth-order valence-corrected chi connectivity index (χ4v) is 3.43. The normalized spacial score (nSPS) is 14.9. The first kappa shape index (κ1) is 18.1. The number of fused-ring (bicyclic) bond motifs is 3. The molecule has 5 heteroatoms. The Hall–Kier alpha value is -2.69. The number of hydrogen-bond acceptors (Lipinski definition) is 3. The summed E-state index contributed by atoms with van der Waals surface area (Å²) in [7, 11) is 0. The van der Waals surface area contributed by atoms with Gasteiger partial charge in [0.25, 0.3) is 0 Å². The number of carbonyl (C=O) groups excluding carboxylic acids is 2. The van der Waals surface area contributed by atoms with Crippen LogP contribution in [0.4, 0.5) is 9.18 Å². The number of nitrogens with one attached hydrogen (secondary N) is 1. The predicted molar refractivity (Wildman–Crippen MR) is 97.6 cm³/mol. The van der Waals surface area contributed by atoms with Gasteiger partial charge in [-0.05, 0) is 28.2 Å². The van der Waals surface area contributed by atoms with Crippen LogP contribution in [0, 0.1) is 5.92 Å². The van der Waals surface area contributed by atoms with Crippen LogP contribution in [-0.4, -0.2) is 24.8 Å². The number of carbonyl (C=O) groups is 2. The number of amides is 1. The minimum atomic E-state index is -1.55. The summed E-state index contributed by atoms with van der Waals surface area (Å²) in [5.74, 6) is -0.371. The molecule has 0 radical (unpaired) electrons. The van der Waals surface area contributed by atoms with Gasteiger partial charge < -0.3 is 10.1 Å². The smallest absolute Gasteiger partial charge is 0.407 e. The van der Waals surface area contributed by atoms with Crippen molar-refractivity contribution in [1.29, 1.82) is 0 Å². The molecular weight excluding hydrogens is 333 g/mol. The highest BCUT2D eigenvalue weighted by atomic mass is 19.1. The lowest BCUT2D eigenvalue weighted by atomic mass is 9.98. The van der Waals surface area contributed by atoms with Crippen molar-refractivity contribution in [2.24, 2.45) is 5.92 Å². The maximum atomic E-state index is 13.2. The van der Waals surface area contributed by atoms with E-state index in [4.69, 9.17) is 4.74 Å². The Labute approximate surface area is 152 Å². The Bertz CT molecular complexity index is 775. The molecule has 26 heavy (non-hydrogen) atoms. The third kappa shape index (κ3) is 3.47. The first-order valence-electron chi connectivity index (χ1n) is 8.83. The highest BCUT2D eigenvalue weighted by Crippen LogP contribution is 2.44. The molecule has 1 N–H and O–H groups in total. The van der Waals surface area contributed by atoms with Crippen molar-refractivity contribution in [2.45, 2.75) is 32.2 Å². The van der Waals surface area contributed by atoms with Crippen LogP contribution in [0.2, 0.25) is 0 Å². The number of rotatable bonds is 6. The van der Waals surface area contributed by atoms with E-state index in [1.807, 2.05) is 43.3 Å². The molecule has 0 saturated carbocycles. The minimum absolute atomic E-state index is 0.0729. The van der Waals surface area contributed by atoms with Gasteiger partial charge in [-0.15, -0.1) is 0 Å². The van der Waals surface area contributed by atoms with Crippen molar-refractivity contribution in [3.05, 3.63) is 59.7 Å². The fraction of sp³-hybridized carbons (Fsp3) is 0.333. The van der Waals surface area contributed by atoms with Gasteiger partial charge in [-0.2, -0.15) is 4.39 Å². The third-order valence-corrected chi connectivity index (χ3v) is 5.07. The van der Waals surface area contributed by atoms with Crippen molar-refractivity contribution in [3.63, 3.8) is 0 Å². The Balaban J connectivity index is 1.72. The number of benzene rings is 2. The molecule has 1 unspecified atom stereocenters. The molecule has 1 amide bonds. The van der Waals surface area contributed by atoms with Gasteiger partial charge >= 0.3 is 12.1 Å². The monoisotopic (exact) mass is 355 g/mol. The van der Waals surface area contributed by atoms with E-state index >= 15 is 0 Å². The number of halogens is 1. The molecule has 0 heterocycles. The molecule has 2 aromatic rings. The molecule has 0 aliphatic heterocycles. The first-order chi connectivity index (χ1) is 12.5. The van der Waals surface area contributed by atoms with E-state index in [2.05, 4.69) is 17.4 Å². The summed E-state index contributed by atoms with van der Waals surface area (Å²) in [6, 6.07) is 13.3. The summed E-state index contributed by atoms with van der Waals surface area (Å²) in [6.07, 6.45) is -0.201. The van der Waals surface area contributed by atoms with E-state index in [0.717, 1.165) is 22.3 Å². The molecular formula is C21H22FNO3. The van der Waals surface area contributed by atoms with Gasteiger partial charge in [0.1, 0.15) is 12.6 Å².